The molecule has 0 aromatic heterocycles. The first-order valence-electron chi connectivity index (χ1n) is 6.83. The Morgan fingerprint density at radius 2 is 2.17 bits per heavy atom. The quantitative estimate of drug-likeness (QED) is 0.842. The molecule has 2 unspecified atom stereocenters. The predicted molar refractivity (Wildman–Crippen MR) is 72.5 cm³/mol. The van der Waals surface area contributed by atoms with Gasteiger partial charge in [-0.05, 0) is 24.0 Å². The zero-order chi connectivity index (χ0) is 12.8. The Morgan fingerprint density at radius 3 is 2.78 bits per heavy atom. The molecular formula is C15H23NO2. The van der Waals surface area contributed by atoms with E-state index in [1.54, 1.807) is 0 Å². The molecule has 1 fully saturated rings. The summed E-state index contributed by atoms with van der Waals surface area (Å²) in [5.74, 6) is 0. The van der Waals surface area contributed by atoms with Crippen molar-refractivity contribution in [2.75, 3.05) is 19.8 Å². The second-order valence-electron chi connectivity index (χ2n) is 4.92. The van der Waals surface area contributed by atoms with E-state index in [4.69, 9.17) is 15.2 Å². The molecule has 1 aromatic rings. The van der Waals surface area contributed by atoms with Gasteiger partial charge in [0.1, 0.15) is 0 Å². The van der Waals surface area contributed by atoms with Gasteiger partial charge in [-0.25, -0.2) is 0 Å². The van der Waals surface area contributed by atoms with E-state index < -0.39 is 0 Å². The Labute approximate surface area is 109 Å². The molecule has 2 rings (SSSR count). The van der Waals surface area contributed by atoms with Crippen LogP contribution in [0.2, 0.25) is 0 Å². The maximum atomic E-state index is 6.13. The SMILES string of the molecule is CCCc1ccc(C(N)COC2CCOC2)cc1. The molecule has 2 atom stereocenters. The van der Waals surface area contributed by atoms with Crippen LogP contribution in [-0.4, -0.2) is 25.9 Å². The number of rotatable bonds is 6. The maximum absolute atomic E-state index is 6.13. The highest BCUT2D eigenvalue weighted by Crippen LogP contribution is 2.15. The van der Waals surface area contributed by atoms with Gasteiger partial charge in [0.15, 0.2) is 0 Å². The van der Waals surface area contributed by atoms with Crippen molar-refractivity contribution in [2.24, 2.45) is 5.73 Å². The molecule has 0 bridgehead atoms. The Kier molecular flexibility index (Phi) is 5.17. The number of hydrogen-bond acceptors (Lipinski definition) is 3. The molecule has 18 heavy (non-hydrogen) atoms. The van der Waals surface area contributed by atoms with Crippen LogP contribution in [0.15, 0.2) is 24.3 Å². The summed E-state index contributed by atoms with van der Waals surface area (Å²) in [6.45, 7) is 4.28. The van der Waals surface area contributed by atoms with Gasteiger partial charge in [0.05, 0.1) is 25.4 Å². The van der Waals surface area contributed by atoms with Crippen LogP contribution in [0.3, 0.4) is 0 Å². The predicted octanol–water partition coefficient (Wildman–Crippen LogP) is 2.44. The second-order valence-corrected chi connectivity index (χ2v) is 4.92. The molecule has 100 valence electrons. The molecule has 0 spiro atoms. The molecule has 0 aliphatic carbocycles. The number of nitrogens with two attached hydrogens (primary N) is 1. The van der Waals surface area contributed by atoms with Crippen molar-refractivity contribution in [3.8, 4) is 0 Å². The minimum Gasteiger partial charge on any atom is -0.379 e. The van der Waals surface area contributed by atoms with E-state index in [2.05, 4.69) is 31.2 Å². The standard InChI is InChI=1S/C15H23NO2/c1-2-3-12-4-6-13(7-5-12)15(16)11-18-14-8-9-17-10-14/h4-7,14-15H,2-3,8-11,16H2,1H3. The van der Waals surface area contributed by atoms with Gasteiger partial charge in [0.25, 0.3) is 0 Å². The van der Waals surface area contributed by atoms with Crippen LogP contribution in [0.5, 0.6) is 0 Å². The lowest BCUT2D eigenvalue weighted by Gasteiger charge is -2.16. The minimum absolute atomic E-state index is 0.0405. The fraction of sp³-hybridized carbons (Fsp3) is 0.600. The third-order valence-electron chi connectivity index (χ3n) is 3.35. The summed E-state index contributed by atoms with van der Waals surface area (Å²) in [5, 5.41) is 0. The zero-order valence-corrected chi connectivity index (χ0v) is 11.1. The lowest BCUT2D eigenvalue weighted by molar-refractivity contribution is 0.0349. The Hall–Kier alpha value is -0.900. The first kappa shape index (κ1) is 13.5. The smallest absolute Gasteiger partial charge is 0.0831 e. The zero-order valence-electron chi connectivity index (χ0n) is 11.1. The van der Waals surface area contributed by atoms with Gasteiger partial charge in [-0.1, -0.05) is 37.6 Å². The highest BCUT2D eigenvalue weighted by molar-refractivity contribution is 5.25. The normalized spacial score (nSPS) is 21.1. The van der Waals surface area contributed by atoms with Crippen LogP contribution in [0, 0.1) is 0 Å². The average Bonchev–Trinajstić information content (AvgIpc) is 2.90. The van der Waals surface area contributed by atoms with Gasteiger partial charge in [0, 0.05) is 6.61 Å². The first-order chi connectivity index (χ1) is 8.79. The molecular weight excluding hydrogens is 226 g/mol. The van der Waals surface area contributed by atoms with Crippen LogP contribution < -0.4 is 5.73 Å². The summed E-state index contributed by atoms with van der Waals surface area (Å²) in [6.07, 6.45) is 3.53. The minimum atomic E-state index is -0.0405. The van der Waals surface area contributed by atoms with Crippen molar-refractivity contribution in [3.63, 3.8) is 0 Å². The first-order valence-corrected chi connectivity index (χ1v) is 6.83. The Balaban J connectivity index is 1.81. The van der Waals surface area contributed by atoms with Crippen LogP contribution >= 0.6 is 0 Å². The molecule has 1 heterocycles. The van der Waals surface area contributed by atoms with Gasteiger partial charge in [-0.15, -0.1) is 0 Å². The van der Waals surface area contributed by atoms with Crippen LogP contribution in [0.1, 0.15) is 36.9 Å². The van der Waals surface area contributed by atoms with Crippen molar-refractivity contribution < 1.29 is 9.47 Å². The molecule has 2 N–H and O–H groups in total. The summed E-state index contributed by atoms with van der Waals surface area (Å²) in [5.41, 5.74) is 8.65. The number of hydrogen-bond donors (Lipinski definition) is 1. The van der Waals surface area contributed by atoms with Gasteiger partial charge in [0.2, 0.25) is 0 Å². The van der Waals surface area contributed by atoms with E-state index >= 15 is 0 Å². The van der Waals surface area contributed by atoms with Gasteiger partial charge < -0.3 is 15.2 Å². The van der Waals surface area contributed by atoms with Crippen molar-refractivity contribution >= 4 is 0 Å². The lowest BCUT2D eigenvalue weighted by atomic mass is 10.0. The molecule has 3 nitrogen and oxygen atoms in total. The summed E-state index contributed by atoms with van der Waals surface area (Å²) in [4.78, 5) is 0. The highest BCUT2D eigenvalue weighted by Gasteiger charge is 2.17. The molecule has 1 aromatic carbocycles. The van der Waals surface area contributed by atoms with Crippen molar-refractivity contribution in [1.82, 2.24) is 0 Å². The van der Waals surface area contributed by atoms with E-state index in [-0.39, 0.29) is 12.1 Å². The number of benzene rings is 1. The summed E-state index contributed by atoms with van der Waals surface area (Å²) >= 11 is 0. The van der Waals surface area contributed by atoms with Crippen molar-refractivity contribution in [1.29, 1.82) is 0 Å². The Morgan fingerprint density at radius 1 is 1.39 bits per heavy atom. The summed E-state index contributed by atoms with van der Waals surface area (Å²) < 4.78 is 11.0. The number of ether oxygens (including phenoxy) is 2. The molecule has 0 radical (unpaired) electrons. The number of aryl methyl sites for hydroxylation is 1. The molecule has 1 saturated heterocycles. The van der Waals surface area contributed by atoms with E-state index in [1.165, 1.54) is 12.0 Å². The molecule has 3 heteroatoms. The van der Waals surface area contributed by atoms with Crippen LogP contribution in [0.25, 0.3) is 0 Å². The van der Waals surface area contributed by atoms with Gasteiger partial charge in [-0.2, -0.15) is 0 Å². The third-order valence-corrected chi connectivity index (χ3v) is 3.35. The second kappa shape index (κ2) is 6.88. The summed E-state index contributed by atoms with van der Waals surface area (Å²) in [7, 11) is 0. The lowest BCUT2D eigenvalue weighted by Crippen LogP contribution is -2.22. The topological polar surface area (TPSA) is 44.5 Å². The largest absolute Gasteiger partial charge is 0.379 e. The van der Waals surface area contributed by atoms with Crippen molar-refractivity contribution in [2.45, 2.75) is 38.3 Å². The molecule has 1 aliphatic heterocycles. The average molecular weight is 249 g/mol. The van der Waals surface area contributed by atoms with Crippen LogP contribution in [-0.2, 0) is 15.9 Å². The van der Waals surface area contributed by atoms with Gasteiger partial charge in [-0.3, -0.25) is 0 Å². The third kappa shape index (κ3) is 3.80. The summed E-state index contributed by atoms with van der Waals surface area (Å²) in [6, 6.07) is 8.52. The molecule has 0 amide bonds. The maximum Gasteiger partial charge on any atom is 0.0831 e. The van der Waals surface area contributed by atoms with Crippen molar-refractivity contribution in [3.05, 3.63) is 35.4 Å². The monoisotopic (exact) mass is 249 g/mol. The Bertz CT molecular complexity index is 344. The fourth-order valence-electron chi connectivity index (χ4n) is 2.20. The van der Waals surface area contributed by atoms with Crippen LogP contribution in [0.4, 0.5) is 0 Å². The highest BCUT2D eigenvalue weighted by atomic mass is 16.5. The fourth-order valence-corrected chi connectivity index (χ4v) is 2.20. The van der Waals surface area contributed by atoms with E-state index in [1.807, 2.05) is 0 Å². The molecule has 1 aliphatic rings. The van der Waals surface area contributed by atoms with E-state index in [0.717, 1.165) is 25.0 Å². The van der Waals surface area contributed by atoms with E-state index in [9.17, 15) is 0 Å². The molecule has 0 saturated carbocycles. The van der Waals surface area contributed by atoms with Gasteiger partial charge >= 0.3 is 0 Å². The van der Waals surface area contributed by atoms with E-state index in [0.29, 0.717) is 13.2 Å².